The summed E-state index contributed by atoms with van der Waals surface area (Å²) in [5.74, 6) is 0. The van der Waals surface area contributed by atoms with Crippen molar-refractivity contribution in [2.75, 3.05) is 18.8 Å². The maximum Gasteiger partial charge on any atom is 0.260 e. The van der Waals surface area contributed by atoms with Crippen LogP contribution in [0.25, 0.3) is 0 Å². The number of hydrogen-bond acceptors (Lipinski definition) is 4. The Balaban J connectivity index is 3.02. The summed E-state index contributed by atoms with van der Waals surface area (Å²) in [5.41, 5.74) is 5.95. The molecule has 0 saturated carbocycles. The minimum absolute atomic E-state index is 0.0635. The summed E-state index contributed by atoms with van der Waals surface area (Å²) in [5, 5.41) is 0.0635. The molecule has 1 heterocycles. The van der Waals surface area contributed by atoms with Gasteiger partial charge in [-0.1, -0.05) is 13.8 Å². The molecule has 0 saturated heterocycles. The number of rotatable bonds is 6. The zero-order chi connectivity index (χ0) is 12.9. The predicted octanol–water partition coefficient (Wildman–Crippen LogP) is 1.47. The van der Waals surface area contributed by atoms with Crippen molar-refractivity contribution in [1.29, 1.82) is 0 Å². The van der Waals surface area contributed by atoms with E-state index in [9.17, 15) is 8.42 Å². The molecule has 0 radical (unpaired) electrons. The van der Waals surface area contributed by atoms with E-state index in [0.717, 1.165) is 12.8 Å². The van der Waals surface area contributed by atoms with Gasteiger partial charge < -0.3 is 5.73 Å². The van der Waals surface area contributed by atoms with Gasteiger partial charge in [0, 0.05) is 13.1 Å². The molecule has 0 aromatic carbocycles. The van der Waals surface area contributed by atoms with E-state index in [1.165, 1.54) is 16.6 Å². The molecule has 1 aromatic rings. The number of nitrogens with zero attached hydrogens (tertiary/aromatic N) is 2. The Hall–Kier alpha value is -1.14. The molecule has 6 heteroatoms. The van der Waals surface area contributed by atoms with E-state index in [2.05, 4.69) is 4.98 Å². The van der Waals surface area contributed by atoms with E-state index in [-0.39, 0.29) is 5.03 Å². The fraction of sp³-hybridized carbons (Fsp3) is 0.545. The van der Waals surface area contributed by atoms with Crippen molar-refractivity contribution in [3.8, 4) is 0 Å². The van der Waals surface area contributed by atoms with Crippen LogP contribution in [0, 0.1) is 0 Å². The van der Waals surface area contributed by atoms with Crippen molar-refractivity contribution in [2.45, 2.75) is 31.7 Å². The van der Waals surface area contributed by atoms with Crippen molar-refractivity contribution < 1.29 is 8.42 Å². The zero-order valence-electron chi connectivity index (χ0n) is 10.3. The topological polar surface area (TPSA) is 76.3 Å². The largest absolute Gasteiger partial charge is 0.397 e. The van der Waals surface area contributed by atoms with Crippen LogP contribution in [0.3, 0.4) is 0 Å². The summed E-state index contributed by atoms with van der Waals surface area (Å²) in [6.07, 6.45) is 2.94. The fourth-order valence-corrected chi connectivity index (χ4v) is 3.06. The van der Waals surface area contributed by atoms with Crippen LogP contribution in [0.5, 0.6) is 0 Å². The van der Waals surface area contributed by atoms with Gasteiger partial charge in [0.15, 0.2) is 5.03 Å². The Morgan fingerprint density at radius 3 is 2.24 bits per heavy atom. The highest BCUT2D eigenvalue weighted by Gasteiger charge is 2.23. The summed E-state index contributed by atoms with van der Waals surface area (Å²) in [6.45, 7) is 4.94. The summed E-state index contributed by atoms with van der Waals surface area (Å²) >= 11 is 0. The van der Waals surface area contributed by atoms with Crippen LogP contribution in [-0.4, -0.2) is 30.8 Å². The van der Waals surface area contributed by atoms with E-state index in [1.54, 1.807) is 6.07 Å². The molecule has 0 amide bonds. The third kappa shape index (κ3) is 3.41. The number of hydrogen-bond donors (Lipinski definition) is 1. The average molecular weight is 257 g/mol. The third-order valence-electron chi connectivity index (χ3n) is 2.31. The Labute approximate surface area is 103 Å². The molecular formula is C11H19N3O2S. The van der Waals surface area contributed by atoms with Crippen molar-refractivity contribution in [2.24, 2.45) is 0 Å². The molecule has 0 aliphatic heterocycles. The first kappa shape index (κ1) is 13.9. The lowest BCUT2D eigenvalue weighted by molar-refractivity contribution is 0.408. The smallest absolute Gasteiger partial charge is 0.260 e. The molecule has 0 spiro atoms. The van der Waals surface area contributed by atoms with Gasteiger partial charge in [0.05, 0.1) is 11.9 Å². The summed E-state index contributed by atoms with van der Waals surface area (Å²) in [7, 11) is -3.48. The quantitative estimate of drug-likeness (QED) is 0.837. The molecule has 0 bridgehead atoms. The van der Waals surface area contributed by atoms with Gasteiger partial charge in [-0.25, -0.2) is 13.4 Å². The first-order valence-electron chi connectivity index (χ1n) is 5.74. The summed E-state index contributed by atoms with van der Waals surface area (Å²) in [6, 6.07) is 3.00. The molecule has 0 atom stereocenters. The van der Waals surface area contributed by atoms with E-state index in [1.807, 2.05) is 13.8 Å². The lowest BCUT2D eigenvalue weighted by atomic mass is 10.4. The number of pyridine rings is 1. The number of sulfonamides is 1. The van der Waals surface area contributed by atoms with Gasteiger partial charge >= 0.3 is 0 Å². The number of nitrogen functional groups attached to an aromatic ring is 1. The second-order valence-electron chi connectivity index (χ2n) is 3.83. The second kappa shape index (κ2) is 5.97. The highest BCUT2D eigenvalue weighted by molar-refractivity contribution is 7.89. The first-order chi connectivity index (χ1) is 8.02. The van der Waals surface area contributed by atoms with E-state index < -0.39 is 10.0 Å². The normalized spacial score (nSPS) is 11.9. The molecule has 17 heavy (non-hydrogen) atoms. The van der Waals surface area contributed by atoms with Crippen LogP contribution < -0.4 is 5.73 Å². The molecule has 96 valence electrons. The van der Waals surface area contributed by atoms with Gasteiger partial charge in [-0.05, 0) is 25.0 Å². The lowest BCUT2D eigenvalue weighted by Gasteiger charge is -2.20. The number of anilines is 1. The van der Waals surface area contributed by atoms with Crippen LogP contribution in [0.2, 0.25) is 0 Å². The van der Waals surface area contributed by atoms with Gasteiger partial charge in [0.2, 0.25) is 0 Å². The standard InChI is InChI=1S/C11H19N3O2S/c1-3-7-14(8-4-2)17(15,16)11-6-5-10(12)9-13-11/h5-6,9H,3-4,7-8,12H2,1-2H3. The Bertz CT molecular complexity index is 436. The Morgan fingerprint density at radius 1 is 1.24 bits per heavy atom. The monoisotopic (exact) mass is 257 g/mol. The van der Waals surface area contributed by atoms with Crippen LogP contribution >= 0.6 is 0 Å². The molecular weight excluding hydrogens is 238 g/mol. The predicted molar refractivity (Wildman–Crippen MR) is 68.0 cm³/mol. The third-order valence-corrected chi connectivity index (χ3v) is 4.12. The SMILES string of the molecule is CCCN(CCC)S(=O)(=O)c1ccc(N)cn1. The van der Waals surface area contributed by atoms with Crippen molar-refractivity contribution in [3.05, 3.63) is 18.3 Å². The molecule has 5 nitrogen and oxygen atoms in total. The Kier molecular flexibility index (Phi) is 4.89. The van der Waals surface area contributed by atoms with Crippen LogP contribution in [0.15, 0.2) is 23.4 Å². The van der Waals surface area contributed by atoms with E-state index in [0.29, 0.717) is 18.8 Å². The van der Waals surface area contributed by atoms with E-state index >= 15 is 0 Å². The molecule has 2 N–H and O–H groups in total. The molecule has 1 aromatic heterocycles. The van der Waals surface area contributed by atoms with E-state index in [4.69, 9.17) is 5.73 Å². The molecule has 1 rings (SSSR count). The maximum atomic E-state index is 12.2. The van der Waals surface area contributed by atoms with Crippen molar-refractivity contribution in [3.63, 3.8) is 0 Å². The van der Waals surface area contributed by atoms with Crippen LogP contribution in [0.1, 0.15) is 26.7 Å². The van der Waals surface area contributed by atoms with Crippen LogP contribution in [0.4, 0.5) is 5.69 Å². The van der Waals surface area contributed by atoms with Gasteiger partial charge in [-0.3, -0.25) is 0 Å². The Morgan fingerprint density at radius 2 is 1.82 bits per heavy atom. The minimum Gasteiger partial charge on any atom is -0.397 e. The number of nitrogens with two attached hydrogens (primary N) is 1. The number of aromatic nitrogens is 1. The van der Waals surface area contributed by atoms with Crippen molar-refractivity contribution in [1.82, 2.24) is 9.29 Å². The zero-order valence-corrected chi connectivity index (χ0v) is 11.1. The average Bonchev–Trinajstić information content (AvgIpc) is 2.29. The summed E-state index contributed by atoms with van der Waals surface area (Å²) in [4.78, 5) is 3.88. The molecule has 0 unspecified atom stereocenters. The van der Waals surface area contributed by atoms with Crippen molar-refractivity contribution >= 4 is 15.7 Å². The molecule has 0 fully saturated rings. The summed E-state index contributed by atoms with van der Waals surface area (Å²) < 4.78 is 26.0. The van der Waals surface area contributed by atoms with Crippen LogP contribution in [-0.2, 0) is 10.0 Å². The fourth-order valence-electron chi connectivity index (χ4n) is 1.53. The van der Waals surface area contributed by atoms with Gasteiger partial charge in [0.1, 0.15) is 0 Å². The van der Waals surface area contributed by atoms with Gasteiger partial charge in [0.25, 0.3) is 10.0 Å². The highest BCUT2D eigenvalue weighted by Crippen LogP contribution is 2.15. The molecule has 0 aliphatic carbocycles. The van der Waals surface area contributed by atoms with Gasteiger partial charge in [-0.2, -0.15) is 4.31 Å². The second-order valence-corrected chi connectivity index (χ2v) is 5.72. The lowest BCUT2D eigenvalue weighted by Crippen LogP contribution is -2.33. The highest BCUT2D eigenvalue weighted by atomic mass is 32.2. The van der Waals surface area contributed by atoms with Gasteiger partial charge in [-0.15, -0.1) is 0 Å². The minimum atomic E-state index is -3.48. The first-order valence-corrected chi connectivity index (χ1v) is 7.18. The molecule has 0 aliphatic rings. The maximum absolute atomic E-state index is 12.2.